The fourth-order valence-corrected chi connectivity index (χ4v) is 5.46. The van der Waals surface area contributed by atoms with E-state index in [1.54, 1.807) is 17.8 Å². The third-order valence-electron chi connectivity index (χ3n) is 6.07. The molecule has 144 valence electrons. The summed E-state index contributed by atoms with van der Waals surface area (Å²) in [5.41, 5.74) is 2.83. The molecule has 0 radical (unpaired) electrons. The fraction of sp³-hybridized carbons (Fsp3) is 0.421. The van der Waals surface area contributed by atoms with Crippen molar-refractivity contribution in [1.82, 2.24) is 25.1 Å². The van der Waals surface area contributed by atoms with Gasteiger partial charge in [0.25, 0.3) is 5.91 Å². The summed E-state index contributed by atoms with van der Waals surface area (Å²) in [7, 11) is 1.41. The highest BCUT2D eigenvalue weighted by atomic mass is 32.1. The van der Waals surface area contributed by atoms with Crippen LogP contribution in [0.5, 0.6) is 0 Å². The number of methoxy groups -OCH3 is 1. The van der Waals surface area contributed by atoms with E-state index in [9.17, 15) is 9.59 Å². The Labute approximate surface area is 164 Å². The summed E-state index contributed by atoms with van der Waals surface area (Å²) in [5.74, 6) is -0.407. The van der Waals surface area contributed by atoms with Gasteiger partial charge >= 0.3 is 5.97 Å². The minimum Gasteiger partial charge on any atom is -0.469 e. The summed E-state index contributed by atoms with van der Waals surface area (Å²) < 4.78 is 5.19. The summed E-state index contributed by atoms with van der Waals surface area (Å²) in [4.78, 5) is 36.9. The average molecular weight is 397 g/mol. The van der Waals surface area contributed by atoms with Gasteiger partial charge in [-0.25, -0.2) is 9.97 Å². The predicted octanol–water partition coefficient (Wildman–Crippen LogP) is 2.19. The number of nitrogens with zero attached hydrogens (tertiary/aromatic N) is 4. The number of H-pyrrole nitrogens is 1. The number of fused-ring (bicyclic) bond motifs is 3. The van der Waals surface area contributed by atoms with E-state index in [-0.39, 0.29) is 24.0 Å². The molecule has 0 unspecified atom stereocenters. The molecule has 9 heteroatoms. The molecule has 2 aliphatic heterocycles. The monoisotopic (exact) mass is 397 g/mol. The average Bonchev–Trinajstić information content (AvgIpc) is 3.49. The van der Waals surface area contributed by atoms with Gasteiger partial charge in [0.05, 0.1) is 29.9 Å². The van der Waals surface area contributed by atoms with Crippen LogP contribution in [0.4, 0.5) is 0 Å². The number of nitrogens with one attached hydrogen (secondary N) is 1. The molecule has 28 heavy (non-hydrogen) atoms. The number of thiazole rings is 1. The van der Waals surface area contributed by atoms with E-state index in [1.807, 2.05) is 16.3 Å². The lowest BCUT2D eigenvalue weighted by Crippen LogP contribution is -2.47. The number of aromatic nitrogens is 4. The van der Waals surface area contributed by atoms with Crippen LogP contribution in [-0.4, -0.2) is 56.1 Å². The van der Waals surface area contributed by atoms with Crippen LogP contribution in [0.1, 0.15) is 35.4 Å². The number of esters is 1. The van der Waals surface area contributed by atoms with Crippen LogP contribution in [0.15, 0.2) is 29.2 Å². The van der Waals surface area contributed by atoms with Crippen molar-refractivity contribution in [3.63, 3.8) is 0 Å². The van der Waals surface area contributed by atoms with Crippen LogP contribution in [0.25, 0.3) is 11.0 Å². The number of hydrogen-bond donors (Lipinski definition) is 1. The Balaban J connectivity index is 1.50. The highest BCUT2D eigenvalue weighted by molar-refractivity contribution is 7.07. The Hall–Kier alpha value is -2.81. The fourth-order valence-electron chi connectivity index (χ4n) is 4.90. The Morgan fingerprint density at radius 1 is 1.39 bits per heavy atom. The topological polar surface area (TPSA) is 101 Å². The van der Waals surface area contributed by atoms with E-state index in [0.717, 1.165) is 23.9 Å². The van der Waals surface area contributed by atoms with Crippen LogP contribution in [0.2, 0.25) is 0 Å². The van der Waals surface area contributed by atoms with E-state index in [0.29, 0.717) is 24.2 Å². The molecule has 0 saturated carbocycles. The smallest absolute Gasteiger partial charge is 0.314 e. The summed E-state index contributed by atoms with van der Waals surface area (Å²) in [6.07, 6.45) is 4.42. The van der Waals surface area contributed by atoms with Crippen molar-refractivity contribution in [2.75, 3.05) is 7.11 Å². The van der Waals surface area contributed by atoms with Crippen LogP contribution < -0.4 is 0 Å². The van der Waals surface area contributed by atoms with Crippen molar-refractivity contribution in [2.45, 2.75) is 37.8 Å². The molecule has 2 fully saturated rings. The lowest BCUT2D eigenvalue weighted by atomic mass is 9.71. The maximum Gasteiger partial charge on any atom is 0.314 e. The van der Waals surface area contributed by atoms with Crippen molar-refractivity contribution < 1.29 is 14.3 Å². The van der Waals surface area contributed by atoms with Gasteiger partial charge in [0.15, 0.2) is 5.65 Å². The Morgan fingerprint density at radius 2 is 2.29 bits per heavy atom. The SMILES string of the molecule is COC(=O)[C@@]1(Cc2cscn2)C[C@H]2CC[C@@H]1N2C(=O)c1ccc2cn[nH]c2n1. The first kappa shape index (κ1) is 17.3. The second kappa shape index (κ2) is 6.37. The third-order valence-corrected chi connectivity index (χ3v) is 6.70. The zero-order chi connectivity index (χ0) is 19.3. The summed E-state index contributed by atoms with van der Waals surface area (Å²) >= 11 is 1.50. The quantitative estimate of drug-likeness (QED) is 0.677. The number of aromatic amines is 1. The van der Waals surface area contributed by atoms with Gasteiger partial charge in [0.1, 0.15) is 5.69 Å². The molecular formula is C19H19N5O3S. The van der Waals surface area contributed by atoms with Gasteiger partial charge in [-0.2, -0.15) is 5.10 Å². The summed E-state index contributed by atoms with van der Waals surface area (Å²) in [5, 5.41) is 9.57. The van der Waals surface area contributed by atoms with Crippen LogP contribution in [0.3, 0.4) is 0 Å². The number of rotatable bonds is 4. The molecule has 5 heterocycles. The predicted molar refractivity (Wildman–Crippen MR) is 102 cm³/mol. The Kier molecular flexibility index (Phi) is 3.94. The first-order chi connectivity index (χ1) is 13.6. The first-order valence-electron chi connectivity index (χ1n) is 9.20. The van der Waals surface area contributed by atoms with E-state index < -0.39 is 5.41 Å². The highest BCUT2D eigenvalue weighted by Gasteiger charge is 2.62. The van der Waals surface area contributed by atoms with E-state index in [1.165, 1.54) is 18.4 Å². The molecule has 3 aromatic heterocycles. The molecule has 8 nitrogen and oxygen atoms in total. The number of carbonyl (C=O) groups is 2. The van der Waals surface area contributed by atoms with Crippen LogP contribution >= 0.6 is 11.3 Å². The summed E-state index contributed by atoms with van der Waals surface area (Å²) in [6.45, 7) is 0. The molecule has 2 saturated heterocycles. The standard InChI is InChI=1S/C19H19N5O3S/c1-27-18(26)19(6-12-9-28-10-20-12)7-13-3-5-15(19)24(13)17(25)14-4-2-11-8-21-23-16(11)22-14/h2,4,8-10,13,15H,3,5-7H2,1H3,(H,21,22,23)/t13-,15+,19+/m1/s1. The molecular weight excluding hydrogens is 378 g/mol. The van der Waals surface area contributed by atoms with Crippen molar-refractivity contribution in [3.8, 4) is 0 Å². The maximum absolute atomic E-state index is 13.3. The van der Waals surface area contributed by atoms with Gasteiger partial charge in [0.2, 0.25) is 0 Å². The van der Waals surface area contributed by atoms with Gasteiger partial charge in [0, 0.05) is 29.3 Å². The lowest BCUT2D eigenvalue weighted by molar-refractivity contribution is -0.154. The minimum atomic E-state index is -0.751. The molecule has 0 aliphatic carbocycles. The molecule has 1 amide bonds. The number of pyridine rings is 1. The Morgan fingerprint density at radius 3 is 3.07 bits per heavy atom. The molecule has 3 atom stereocenters. The molecule has 0 aromatic carbocycles. The zero-order valence-electron chi connectivity index (χ0n) is 15.3. The minimum absolute atomic E-state index is 0.00880. The van der Waals surface area contributed by atoms with Crippen molar-refractivity contribution in [1.29, 1.82) is 0 Å². The molecule has 2 aliphatic rings. The van der Waals surface area contributed by atoms with Crippen molar-refractivity contribution in [3.05, 3.63) is 40.6 Å². The number of ether oxygens (including phenoxy) is 1. The normalized spacial score (nSPS) is 26.1. The van der Waals surface area contributed by atoms with Gasteiger partial charge < -0.3 is 9.64 Å². The molecule has 2 bridgehead atoms. The van der Waals surface area contributed by atoms with Crippen molar-refractivity contribution >= 4 is 34.2 Å². The zero-order valence-corrected chi connectivity index (χ0v) is 16.1. The van der Waals surface area contributed by atoms with Crippen molar-refractivity contribution in [2.24, 2.45) is 5.41 Å². The van der Waals surface area contributed by atoms with Crippen LogP contribution in [0, 0.1) is 5.41 Å². The molecule has 5 rings (SSSR count). The van der Waals surface area contributed by atoms with Gasteiger partial charge in [-0.3, -0.25) is 14.7 Å². The summed E-state index contributed by atoms with van der Waals surface area (Å²) in [6, 6.07) is 3.35. The van der Waals surface area contributed by atoms with E-state index in [4.69, 9.17) is 4.74 Å². The first-order valence-corrected chi connectivity index (χ1v) is 10.1. The molecule has 0 spiro atoms. The highest BCUT2D eigenvalue weighted by Crippen LogP contribution is 2.52. The number of carbonyl (C=O) groups excluding carboxylic acids is 2. The number of hydrogen-bond acceptors (Lipinski definition) is 7. The third kappa shape index (κ3) is 2.46. The second-order valence-electron chi connectivity index (χ2n) is 7.47. The molecule has 3 aromatic rings. The van der Waals surface area contributed by atoms with Gasteiger partial charge in [-0.05, 0) is 31.4 Å². The van der Waals surface area contributed by atoms with Gasteiger partial charge in [-0.1, -0.05) is 0 Å². The largest absolute Gasteiger partial charge is 0.469 e. The van der Waals surface area contributed by atoms with E-state index in [2.05, 4.69) is 20.2 Å². The van der Waals surface area contributed by atoms with E-state index >= 15 is 0 Å². The van der Waals surface area contributed by atoms with Crippen LogP contribution in [-0.2, 0) is 16.0 Å². The second-order valence-corrected chi connectivity index (χ2v) is 8.19. The number of amides is 1. The van der Waals surface area contributed by atoms with Gasteiger partial charge in [-0.15, -0.1) is 11.3 Å². The molecule has 1 N–H and O–H groups in total. The Bertz CT molecular complexity index is 1050. The maximum atomic E-state index is 13.3. The lowest BCUT2D eigenvalue weighted by Gasteiger charge is -2.34.